The van der Waals surface area contributed by atoms with Gasteiger partial charge in [-0.1, -0.05) is 80.8 Å². The van der Waals surface area contributed by atoms with Gasteiger partial charge >= 0.3 is 11.9 Å². The number of anilines is 1. The minimum Gasteiger partial charge on any atom is -0.463 e. The molecule has 4 rings (SSSR count). The van der Waals surface area contributed by atoms with Gasteiger partial charge < -0.3 is 15.2 Å². The largest absolute Gasteiger partial charge is 0.463 e. The highest BCUT2D eigenvalue weighted by Gasteiger charge is 2.37. The van der Waals surface area contributed by atoms with Gasteiger partial charge in [-0.3, -0.25) is 4.90 Å². The number of nitrogen functional groups attached to an aromatic ring is 1. The average molecular weight is 682 g/mol. The number of halogens is 2. The predicted octanol–water partition coefficient (Wildman–Crippen LogP) is 9.00. The van der Waals surface area contributed by atoms with Crippen molar-refractivity contribution in [1.29, 1.82) is 0 Å². The van der Waals surface area contributed by atoms with Crippen LogP contribution in [0, 0.1) is 0 Å². The summed E-state index contributed by atoms with van der Waals surface area (Å²) in [7, 11) is 0. The van der Waals surface area contributed by atoms with Gasteiger partial charge in [0.05, 0.1) is 24.5 Å². The molecule has 0 spiro atoms. The maximum atomic E-state index is 15.3. The van der Waals surface area contributed by atoms with Crippen LogP contribution in [-0.4, -0.2) is 42.6 Å². The maximum absolute atomic E-state index is 15.3. The van der Waals surface area contributed by atoms with Crippen molar-refractivity contribution in [1.82, 2.24) is 4.90 Å². The Morgan fingerprint density at radius 2 is 1.53 bits per heavy atom. The van der Waals surface area contributed by atoms with Crippen molar-refractivity contribution in [3.8, 4) is 11.1 Å². The first kappa shape index (κ1) is 34.6. The molecule has 1 unspecified atom stereocenters. The molecule has 1 fully saturated rings. The first-order valence-corrected chi connectivity index (χ1v) is 17.0. The van der Waals surface area contributed by atoms with Gasteiger partial charge in [-0.25, -0.2) is 14.0 Å². The van der Waals surface area contributed by atoms with Crippen LogP contribution in [0.25, 0.3) is 11.1 Å². The van der Waals surface area contributed by atoms with Crippen molar-refractivity contribution < 1.29 is 23.5 Å². The topological polar surface area (TPSA) is 81.9 Å². The lowest BCUT2D eigenvalue weighted by Gasteiger charge is -2.34. The Hall–Kier alpha value is -3.23. The number of rotatable bonds is 15. The number of carbonyl (C=O) groups excluding carboxylic acids is 2. The van der Waals surface area contributed by atoms with E-state index in [1.807, 2.05) is 48.5 Å². The van der Waals surface area contributed by atoms with Gasteiger partial charge in [0.1, 0.15) is 0 Å². The third-order valence-corrected chi connectivity index (χ3v) is 9.40. The Balaban J connectivity index is 1.16. The van der Waals surface area contributed by atoms with E-state index in [1.54, 1.807) is 18.2 Å². The summed E-state index contributed by atoms with van der Waals surface area (Å²) in [4.78, 5) is 27.8. The average Bonchev–Trinajstić information content (AvgIpc) is 3.07. The van der Waals surface area contributed by atoms with E-state index in [-0.39, 0.29) is 18.1 Å². The molecular formula is C37H46BrFN2O4. The minimum absolute atomic E-state index is 0.137. The highest BCUT2D eigenvalue weighted by Crippen LogP contribution is 2.31. The summed E-state index contributed by atoms with van der Waals surface area (Å²) in [6.45, 7) is 5.48. The van der Waals surface area contributed by atoms with E-state index in [0.717, 1.165) is 36.1 Å². The summed E-state index contributed by atoms with van der Waals surface area (Å²) in [6, 6.07) is 20.8. The predicted molar refractivity (Wildman–Crippen MR) is 182 cm³/mol. The van der Waals surface area contributed by atoms with Crippen LogP contribution >= 0.6 is 15.9 Å². The van der Waals surface area contributed by atoms with Crippen molar-refractivity contribution in [2.24, 2.45) is 0 Å². The number of hydrogen-bond acceptors (Lipinski definition) is 6. The minimum atomic E-state index is -2.23. The number of nitrogens with two attached hydrogens (primary N) is 1. The number of esters is 2. The van der Waals surface area contributed by atoms with Gasteiger partial charge in [-0.05, 0) is 96.7 Å². The molecular weight excluding hydrogens is 635 g/mol. The molecule has 8 heteroatoms. The van der Waals surface area contributed by atoms with Gasteiger partial charge in [-0.15, -0.1) is 0 Å². The second kappa shape index (κ2) is 16.9. The number of unbranched alkanes of at least 4 members (excludes halogenated alkanes) is 3. The van der Waals surface area contributed by atoms with Gasteiger partial charge in [0, 0.05) is 22.6 Å². The fourth-order valence-electron chi connectivity index (χ4n) is 5.92. The molecule has 1 saturated carbocycles. The third kappa shape index (κ3) is 9.63. The molecule has 0 amide bonds. The summed E-state index contributed by atoms with van der Waals surface area (Å²) in [5, 5.41) is 0. The van der Waals surface area contributed by atoms with E-state index < -0.39 is 11.6 Å². The monoisotopic (exact) mass is 680 g/mol. The molecule has 0 aliphatic heterocycles. The molecule has 0 saturated heterocycles. The highest BCUT2D eigenvalue weighted by atomic mass is 79.9. The lowest BCUT2D eigenvalue weighted by atomic mass is 9.93. The van der Waals surface area contributed by atoms with E-state index in [9.17, 15) is 9.59 Å². The molecule has 0 heterocycles. The highest BCUT2D eigenvalue weighted by molar-refractivity contribution is 9.10. The Morgan fingerprint density at radius 3 is 2.18 bits per heavy atom. The van der Waals surface area contributed by atoms with E-state index in [1.165, 1.54) is 39.0 Å². The lowest BCUT2D eigenvalue weighted by Crippen LogP contribution is -2.36. The Morgan fingerprint density at radius 1 is 0.911 bits per heavy atom. The van der Waals surface area contributed by atoms with Crippen LogP contribution in [0.15, 0.2) is 71.2 Å². The molecule has 2 N–H and O–H groups in total. The van der Waals surface area contributed by atoms with E-state index in [4.69, 9.17) is 15.2 Å². The van der Waals surface area contributed by atoms with Crippen LogP contribution in [0.4, 0.5) is 10.1 Å². The van der Waals surface area contributed by atoms with Crippen LogP contribution in [0.3, 0.4) is 0 Å². The van der Waals surface area contributed by atoms with E-state index in [0.29, 0.717) is 47.8 Å². The molecule has 0 radical (unpaired) electrons. The zero-order chi connectivity index (χ0) is 32.2. The quantitative estimate of drug-likeness (QED) is 0.0980. The second-order valence-electron chi connectivity index (χ2n) is 12.0. The molecule has 45 heavy (non-hydrogen) atoms. The van der Waals surface area contributed by atoms with Crippen molar-refractivity contribution in [2.75, 3.05) is 25.5 Å². The number of alkyl halides is 1. The molecule has 1 aliphatic carbocycles. The summed E-state index contributed by atoms with van der Waals surface area (Å²) in [6.07, 6.45) is 9.10. The third-order valence-electron chi connectivity index (χ3n) is 8.74. The first-order chi connectivity index (χ1) is 21.7. The van der Waals surface area contributed by atoms with E-state index in [2.05, 4.69) is 27.8 Å². The number of hydrogen-bond donors (Lipinski definition) is 1. The van der Waals surface area contributed by atoms with Gasteiger partial charge in [0.15, 0.2) is 0 Å². The van der Waals surface area contributed by atoms with Gasteiger partial charge in [0.2, 0.25) is 5.67 Å². The zero-order valence-corrected chi connectivity index (χ0v) is 28.1. The van der Waals surface area contributed by atoms with Crippen LogP contribution < -0.4 is 5.73 Å². The van der Waals surface area contributed by atoms with Crippen LogP contribution in [-0.2, 0) is 26.5 Å². The molecule has 242 valence electrons. The molecule has 3 aromatic carbocycles. The summed E-state index contributed by atoms with van der Waals surface area (Å²) in [5.41, 5.74) is 8.48. The molecule has 0 bridgehead atoms. The van der Waals surface area contributed by atoms with E-state index >= 15 is 4.39 Å². The zero-order valence-electron chi connectivity index (χ0n) is 26.5. The molecule has 1 atom stereocenters. The SMILES string of the molecule is CCN(Cc1cc(C(=O)OCCCCCCOC(=O)C(C)(F)c2ccc(-c3ccccc3)cc2)cc(Br)c1N)C1CCCCC1. The smallest absolute Gasteiger partial charge is 0.348 e. The second-order valence-corrected chi connectivity index (χ2v) is 12.9. The molecule has 3 aromatic rings. The van der Waals surface area contributed by atoms with Crippen LogP contribution in [0.5, 0.6) is 0 Å². The number of ether oxygens (including phenoxy) is 2. The normalized spacial score (nSPS) is 15.0. The maximum Gasteiger partial charge on any atom is 0.348 e. The molecule has 0 aromatic heterocycles. The molecule has 6 nitrogen and oxygen atoms in total. The Kier molecular flexibility index (Phi) is 13.0. The summed E-state index contributed by atoms with van der Waals surface area (Å²) >= 11 is 3.53. The van der Waals surface area contributed by atoms with Crippen molar-refractivity contribution >= 4 is 33.6 Å². The van der Waals surface area contributed by atoms with Crippen molar-refractivity contribution in [3.05, 3.63) is 87.9 Å². The fraction of sp³-hybridized carbons (Fsp3) is 0.459. The Bertz CT molecular complexity index is 1390. The number of nitrogens with zero attached hydrogens (tertiary/aromatic N) is 1. The number of benzene rings is 3. The van der Waals surface area contributed by atoms with Crippen molar-refractivity contribution in [3.63, 3.8) is 0 Å². The van der Waals surface area contributed by atoms with Gasteiger partial charge in [0.25, 0.3) is 0 Å². The van der Waals surface area contributed by atoms with Crippen molar-refractivity contribution in [2.45, 2.75) is 89.9 Å². The fourth-order valence-corrected chi connectivity index (χ4v) is 6.42. The van der Waals surface area contributed by atoms with Crippen LogP contribution in [0.1, 0.15) is 93.1 Å². The molecule has 1 aliphatic rings. The standard InChI is InChI=1S/C37H46BrFN2O4/c1-3-41(32-16-10-7-11-17-32)26-30-24-29(25-33(38)34(30)40)35(42)44-22-12-4-5-13-23-45-36(43)37(2,39)31-20-18-28(19-21-31)27-14-8-6-9-15-27/h6,8-9,14-15,18-21,24-25,32H,3-5,7,10-13,16-17,22-23,26,40H2,1-2H3. The summed E-state index contributed by atoms with van der Waals surface area (Å²) in [5.74, 6) is -1.26. The number of carbonyl (C=O) groups is 2. The lowest BCUT2D eigenvalue weighted by molar-refractivity contribution is -0.157. The van der Waals surface area contributed by atoms with Crippen LogP contribution in [0.2, 0.25) is 0 Å². The van der Waals surface area contributed by atoms with Gasteiger partial charge in [-0.2, -0.15) is 0 Å². The Labute approximate surface area is 275 Å². The summed E-state index contributed by atoms with van der Waals surface area (Å²) < 4.78 is 26.9. The first-order valence-electron chi connectivity index (χ1n) is 16.2.